The van der Waals surface area contributed by atoms with Gasteiger partial charge >= 0.3 is 0 Å². The van der Waals surface area contributed by atoms with Crippen molar-refractivity contribution in [3.8, 4) is 6.07 Å². The van der Waals surface area contributed by atoms with E-state index in [4.69, 9.17) is 16.3 Å². The maximum atomic E-state index is 12.8. The van der Waals surface area contributed by atoms with Gasteiger partial charge in [-0.05, 0) is 42.8 Å². The summed E-state index contributed by atoms with van der Waals surface area (Å²) in [5.74, 6) is -0.619. The number of non-ortho nitro benzene ring substituents is 1. The van der Waals surface area contributed by atoms with Crippen LogP contribution in [0.25, 0.3) is 0 Å². The molecule has 0 bridgehead atoms. The standard InChI is InChI=1S/C27H23ClN6O5/c1-17-13-19(7-8-24(17)30-31-25-18(16-29)14-20(34(37)38)15-23(25)28)32(11-12-39-2)9-10-33-26(35)21-5-3-4-6-22(21)27(33)36/h3-8,13-15H,9-12H2,1-2H3/b31-30+. The van der Waals surface area contributed by atoms with E-state index in [1.165, 1.54) is 4.90 Å². The van der Waals surface area contributed by atoms with Crippen LogP contribution in [0.2, 0.25) is 5.02 Å². The van der Waals surface area contributed by atoms with Crippen molar-refractivity contribution in [2.24, 2.45) is 10.2 Å². The number of nitrogens with zero attached hydrogens (tertiary/aromatic N) is 6. The number of hydrogen-bond acceptors (Lipinski definition) is 9. The van der Waals surface area contributed by atoms with Gasteiger partial charge in [-0.1, -0.05) is 23.7 Å². The first-order valence-electron chi connectivity index (χ1n) is 11.8. The van der Waals surface area contributed by atoms with Crippen LogP contribution in [-0.2, 0) is 4.74 Å². The minimum atomic E-state index is -0.639. The number of carbonyl (C=O) groups excluding carboxylic acids is 2. The Bertz CT molecular complexity index is 1500. The highest BCUT2D eigenvalue weighted by atomic mass is 35.5. The van der Waals surface area contributed by atoms with Gasteiger partial charge in [0.1, 0.15) is 11.8 Å². The molecule has 0 aromatic heterocycles. The van der Waals surface area contributed by atoms with Gasteiger partial charge in [0.2, 0.25) is 0 Å². The van der Waals surface area contributed by atoms with E-state index in [0.717, 1.165) is 23.4 Å². The summed E-state index contributed by atoms with van der Waals surface area (Å²) in [5.41, 5.74) is 2.56. The number of ether oxygens (including phenoxy) is 1. The molecule has 198 valence electrons. The Morgan fingerprint density at radius 2 is 1.77 bits per heavy atom. The monoisotopic (exact) mass is 546 g/mol. The number of nitro benzene ring substituents is 1. The molecule has 1 aliphatic heterocycles. The quantitative estimate of drug-likeness (QED) is 0.139. The zero-order chi connectivity index (χ0) is 28.1. The summed E-state index contributed by atoms with van der Waals surface area (Å²) in [6.45, 7) is 3.37. The molecular weight excluding hydrogens is 524 g/mol. The summed E-state index contributed by atoms with van der Waals surface area (Å²) in [4.78, 5) is 39.2. The minimum Gasteiger partial charge on any atom is -0.383 e. The number of aryl methyl sites for hydroxylation is 1. The van der Waals surface area contributed by atoms with Gasteiger partial charge in [0.25, 0.3) is 17.5 Å². The fourth-order valence-electron chi connectivity index (χ4n) is 4.16. The van der Waals surface area contributed by atoms with Gasteiger partial charge in [0.05, 0.1) is 38.9 Å². The zero-order valence-electron chi connectivity index (χ0n) is 21.1. The van der Waals surface area contributed by atoms with Crippen LogP contribution in [0.5, 0.6) is 0 Å². The molecule has 0 N–H and O–H groups in total. The largest absolute Gasteiger partial charge is 0.383 e. The molecule has 0 unspecified atom stereocenters. The topological polar surface area (TPSA) is 142 Å². The van der Waals surface area contributed by atoms with Gasteiger partial charge in [-0.15, -0.1) is 5.11 Å². The Labute approximate surface area is 229 Å². The molecule has 39 heavy (non-hydrogen) atoms. The van der Waals surface area contributed by atoms with Crippen molar-refractivity contribution < 1.29 is 19.2 Å². The lowest BCUT2D eigenvalue weighted by atomic mass is 10.1. The van der Waals surface area contributed by atoms with E-state index >= 15 is 0 Å². The van der Waals surface area contributed by atoms with Crippen molar-refractivity contribution in [3.05, 3.63) is 92.0 Å². The maximum Gasteiger partial charge on any atom is 0.272 e. The molecule has 0 saturated carbocycles. The van der Waals surface area contributed by atoms with Gasteiger partial charge in [-0.2, -0.15) is 10.4 Å². The second-order valence-corrected chi connectivity index (χ2v) is 9.06. The van der Waals surface area contributed by atoms with Gasteiger partial charge in [0.15, 0.2) is 0 Å². The van der Waals surface area contributed by atoms with E-state index in [9.17, 15) is 25.0 Å². The molecule has 1 heterocycles. The Hall–Kier alpha value is -4.66. The summed E-state index contributed by atoms with van der Waals surface area (Å²) in [5, 5.41) is 28.7. The van der Waals surface area contributed by atoms with Crippen molar-refractivity contribution in [2.45, 2.75) is 6.92 Å². The molecular formula is C27H23ClN6O5. The van der Waals surface area contributed by atoms with Crippen LogP contribution >= 0.6 is 11.6 Å². The number of azo groups is 1. The fourth-order valence-corrected chi connectivity index (χ4v) is 4.42. The van der Waals surface area contributed by atoms with E-state index in [1.54, 1.807) is 37.4 Å². The second kappa shape index (κ2) is 11.8. The maximum absolute atomic E-state index is 12.8. The third kappa shape index (κ3) is 5.77. The Balaban J connectivity index is 1.53. The average molecular weight is 547 g/mol. The highest BCUT2D eigenvalue weighted by molar-refractivity contribution is 6.33. The van der Waals surface area contributed by atoms with Crippen LogP contribution < -0.4 is 4.90 Å². The predicted molar refractivity (Wildman–Crippen MR) is 144 cm³/mol. The summed E-state index contributed by atoms with van der Waals surface area (Å²) in [6.07, 6.45) is 0. The highest BCUT2D eigenvalue weighted by Gasteiger charge is 2.35. The van der Waals surface area contributed by atoms with Gasteiger partial charge in [-0.25, -0.2) is 0 Å². The third-order valence-corrected chi connectivity index (χ3v) is 6.51. The molecule has 0 spiro atoms. The molecule has 2 amide bonds. The molecule has 3 aromatic rings. The van der Waals surface area contributed by atoms with Gasteiger partial charge in [-0.3, -0.25) is 24.6 Å². The number of halogens is 1. The number of nitro groups is 1. The SMILES string of the molecule is COCCN(CCN1C(=O)c2ccccc2C1=O)c1ccc(/N=N/c2c(Cl)cc([N+](=O)[O-])cc2C#N)c(C)c1. The molecule has 0 radical (unpaired) electrons. The number of fused-ring (bicyclic) bond motifs is 1. The molecule has 0 aliphatic carbocycles. The van der Waals surface area contributed by atoms with E-state index in [-0.39, 0.29) is 40.3 Å². The molecule has 12 heteroatoms. The first kappa shape index (κ1) is 27.4. The Morgan fingerprint density at radius 1 is 1.08 bits per heavy atom. The first-order chi connectivity index (χ1) is 18.7. The second-order valence-electron chi connectivity index (χ2n) is 8.65. The lowest BCUT2D eigenvalue weighted by Gasteiger charge is -2.27. The lowest BCUT2D eigenvalue weighted by molar-refractivity contribution is -0.384. The van der Waals surface area contributed by atoms with Crippen molar-refractivity contribution in [1.29, 1.82) is 5.26 Å². The number of anilines is 1. The van der Waals surface area contributed by atoms with Crippen molar-refractivity contribution in [1.82, 2.24) is 4.90 Å². The van der Waals surface area contributed by atoms with Gasteiger partial charge < -0.3 is 9.64 Å². The number of rotatable bonds is 10. The molecule has 0 saturated heterocycles. The summed E-state index contributed by atoms with van der Waals surface area (Å²) in [6, 6.07) is 16.3. The van der Waals surface area contributed by atoms with E-state index < -0.39 is 4.92 Å². The van der Waals surface area contributed by atoms with Crippen LogP contribution in [-0.4, -0.2) is 55.0 Å². The Kier molecular flexibility index (Phi) is 8.29. The number of imide groups is 1. The number of benzene rings is 3. The van der Waals surface area contributed by atoms with Crippen molar-refractivity contribution in [2.75, 3.05) is 38.3 Å². The highest BCUT2D eigenvalue weighted by Crippen LogP contribution is 2.35. The number of hydrogen-bond donors (Lipinski definition) is 0. The number of amides is 2. The van der Waals surface area contributed by atoms with Crippen molar-refractivity contribution in [3.63, 3.8) is 0 Å². The van der Waals surface area contributed by atoms with Crippen LogP contribution in [0, 0.1) is 28.4 Å². The van der Waals surface area contributed by atoms with E-state index in [1.807, 2.05) is 30.0 Å². The number of methoxy groups -OCH3 is 1. The lowest BCUT2D eigenvalue weighted by Crippen LogP contribution is -2.39. The first-order valence-corrected chi connectivity index (χ1v) is 12.2. The summed E-state index contributed by atoms with van der Waals surface area (Å²) in [7, 11) is 1.59. The van der Waals surface area contributed by atoms with Crippen LogP contribution in [0.1, 0.15) is 31.8 Å². The predicted octanol–water partition coefficient (Wildman–Crippen LogP) is 5.59. The third-order valence-electron chi connectivity index (χ3n) is 6.22. The van der Waals surface area contributed by atoms with Crippen molar-refractivity contribution >= 4 is 46.2 Å². The molecule has 4 rings (SSSR count). The zero-order valence-corrected chi connectivity index (χ0v) is 21.9. The van der Waals surface area contributed by atoms with E-state index in [2.05, 4.69) is 10.2 Å². The molecule has 3 aromatic carbocycles. The normalized spacial score (nSPS) is 12.6. The number of carbonyl (C=O) groups is 2. The molecule has 0 atom stereocenters. The molecule has 1 aliphatic rings. The molecule has 0 fully saturated rings. The van der Waals surface area contributed by atoms with Crippen LogP contribution in [0.4, 0.5) is 22.7 Å². The number of nitriles is 1. The average Bonchev–Trinajstić information content (AvgIpc) is 3.17. The fraction of sp³-hybridized carbons (Fsp3) is 0.222. The minimum absolute atomic E-state index is 0.0379. The van der Waals surface area contributed by atoms with Crippen LogP contribution in [0.15, 0.2) is 64.8 Å². The summed E-state index contributed by atoms with van der Waals surface area (Å²) >= 11 is 6.14. The molecule has 11 nitrogen and oxygen atoms in total. The summed E-state index contributed by atoms with van der Waals surface area (Å²) < 4.78 is 5.25. The van der Waals surface area contributed by atoms with E-state index in [0.29, 0.717) is 36.5 Å². The van der Waals surface area contributed by atoms with Gasteiger partial charge in [0, 0.05) is 44.6 Å². The smallest absolute Gasteiger partial charge is 0.272 e. The Morgan fingerprint density at radius 3 is 2.36 bits per heavy atom. The van der Waals surface area contributed by atoms with Crippen LogP contribution in [0.3, 0.4) is 0 Å².